The zero-order valence-electron chi connectivity index (χ0n) is 11.3. The van der Waals surface area contributed by atoms with Gasteiger partial charge >= 0.3 is 0 Å². The van der Waals surface area contributed by atoms with Crippen LogP contribution in [0.3, 0.4) is 0 Å². The van der Waals surface area contributed by atoms with Gasteiger partial charge in [-0.25, -0.2) is 0 Å². The Morgan fingerprint density at radius 2 is 2.26 bits per heavy atom. The van der Waals surface area contributed by atoms with E-state index in [1.54, 1.807) is 0 Å². The topological polar surface area (TPSA) is 41.1 Å². The maximum absolute atomic E-state index is 12.7. The molecule has 4 heteroatoms. The molecule has 2 N–H and O–H groups in total. The Labute approximate surface area is 128 Å². The van der Waals surface area contributed by atoms with Crippen molar-refractivity contribution < 1.29 is 4.79 Å². The third-order valence-electron chi connectivity index (χ3n) is 3.80. The van der Waals surface area contributed by atoms with Crippen molar-refractivity contribution in [3.63, 3.8) is 0 Å². The number of hydrogen-bond acceptors (Lipinski definition) is 2. The second kappa shape index (κ2) is 6.70. The van der Waals surface area contributed by atoms with Crippen LogP contribution in [-0.2, 0) is 4.79 Å². The summed E-state index contributed by atoms with van der Waals surface area (Å²) in [6.45, 7) is 3.98. The van der Waals surface area contributed by atoms with Crippen molar-refractivity contribution in [2.45, 2.75) is 32.6 Å². The SMILES string of the molecule is CCCC1(C(=O)Nc2ccccc2I)CCCNC1. The lowest BCUT2D eigenvalue weighted by Gasteiger charge is -2.36. The summed E-state index contributed by atoms with van der Waals surface area (Å²) in [6, 6.07) is 7.93. The third kappa shape index (κ3) is 3.48. The Balaban J connectivity index is 2.14. The smallest absolute Gasteiger partial charge is 0.231 e. The molecule has 1 saturated heterocycles. The number of nitrogens with one attached hydrogen (secondary N) is 2. The summed E-state index contributed by atoms with van der Waals surface area (Å²) in [6.07, 6.45) is 4.07. The van der Waals surface area contributed by atoms with Gasteiger partial charge in [0.05, 0.1) is 11.1 Å². The first-order chi connectivity index (χ1) is 9.18. The monoisotopic (exact) mass is 372 g/mol. The van der Waals surface area contributed by atoms with Gasteiger partial charge in [-0.3, -0.25) is 4.79 Å². The fourth-order valence-electron chi connectivity index (χ4n) is 2.78. The van der Waals surface area contributed by atoms with E-state index in [1.807, 2.05) is 24.3 Å². The van der Waals surface area contributed by atoms with Crippen molar-refractivity contribution in [3.05, 3.63) is 27.8 Å². The van der Waals surface area contributed by atoms with Gasteiger partial charge < -0.3 is 10.6 Å². The number of hydrogen-bond donors (Lipinski definition) is 2. The number of para-hydroxylation sites is 1. The minimum absolute atomic E-state index is 0.172. The maximum Gasteiger partial charge on any atom is 0.231 e. The summed E-state index contributed by atoms with van der Waals surface area (Å²) >= 11 is 2.26. The molecule has 3 nitrogen and oxygen atoms in total. The number of carbonyl (C=O) groups is 1. The van der Waals surface area contributed by atoms with Crippen LogP contribution in [0.4, 0.5) is 5.69 Å². The molecule has 1 unspecified atom stereocenters. The number of anilines is 1. The summed E-state index contributed by atoms with van der Waals surface area (Å²) in [5.74, 6) is 0.172. The summed E-state index contributed by atoms with van der Waals surface area (Å²) in [7, 11) is 0. The van der Waals surface area contributed by atoms with Crippen LogP contribution < -0.4 is 10.6 Å². The Bertz CT molecular complexity index is 436. The minimum atomic E-state index is -0.230. The van der Waals surface area contributed by atoms with Gasteiger partial charge in [0.25, 0.3) is 0 Å². The van der Waals surface area contributed by atoms with Gasteiger partial charge in [0.15, 0.2) is 0 Å². The summed E-state index contributed by atoms with van der Waals surface area (Å²) in [4.78, 5) is 12.7. The predicted octanol–water partition coefficient (Wildman–Crippen LogP) is 3.40. The molecular weight excluding hydrogens is 351 g/mol. The lowest BCUT2D eigenvalue weighted by atomic mass is 9.76. The highest BCUT2D eigenvalue weighted by molar-refractivity contribution is 14.1. The van der Waals surface area contributed by atoms with Crippen LogP contribution in [0.2, 0.25) is 0 Å². The van der Waals surface area contributed by atoms with Crippen LogP contribution in [0, 0.1) is 8.99 Å². The van der Waals surface area contributed by atoms with Gasteiger partial charge in [0.2, 0.25) is 5.91 Å². The largest absolute Gasteiger partial charge is 0.325 e. The molecule has 1 aromatic carbocycles. The highest BCUT2D eigenvalue weighted by Crippen LogP contribution is 2.33. The first-order valence-corrected chi connectivity index (χ1v) is 8.02. The highest BCUT2D eigenvalue weighted by Gasteiger charge is 2.38. The number of rotatable bonds is 4. The van der Waals surface area contributed by atoms with Crippen molar-refractivity contribution >= 4 is 34.2 Å². The zero-order valence-corrected chi connectivity index (χ0v) is 13.5. The number of carbonyl (C=O) groups excluding carboxylic acids is 1. The fourth-order valence-corrected chi connectivity index (χ4v) is 3.31. The average molecular weight is 372 g/mol. The molecule has 2 rings (SSSR count). The van der Waals surface area contributed by atoms with Gasteiger partial charge in [-0.15, -0.1) is 0 Å². The van der Waals surface area contributed by atoms with Crippen LogP contribution >= 0.6 is 22.6 Å². The molecule has 1 fully saturated rings. The van der Waals surface area contributed by atoms with Crippen molar-refractivity contribution in [1.29, 1.82) is 0 Å². The maximum atomic E-state index is 12.7. The molecule has 0 aliphatic carbocycles. The lowest BCUT2D eigenvalue weighted by Crippen LogP contribution is -2.48. The molecule has 1 aliphatic heterocycles. The van der Waals surface area contributed by atoms with Crippen molar-refractivity contribution in [2.24, 2.45) is 5.41 Å². The average Bonchev–Trinajstić information content (AvgIpc) is 2.42. The predicted molar refractivity (Wildman–Crippen MR) is 87.2 cm³/mol. The van der Waals surface area contributed by atoms with Crippen LogP contribution in [0.1, 0.15) is 32.6 Å². The molecule has 1 aliphatic rings. The van der Waals surface area contributed by atoms with Crippen molar-refractivity contribution in [1.82, 2.24) is 5.32 Å². The number of piperidine rings is 1. The van der Waals surface area contributed by atoms with E-state index < -0.39 is 0 Å². The van der Waals surface area contributed by atoms with E-state index in [4.69, 9.17) is 0 Å². The fraction of sp³-hybridized carbons (Fsp3) is 0.533. The Hall–Kier alpha value is -0.620. The summed E-state index contributed by atoms with van der Waals surface area (Å²) in [5, 5.41) is 6.50. The van der Waals surface area contributed by atoms with Crippen LogP contribution in [0.5, 0.6) is 0 Å². The summed E-state index contributed by atoms with van der Waals surface area (Å²) in [5.41, 5.74) is 0.695. The lowest BCUT2D eigenvalue weighted by molar-refractivity contribution is -0.127. The highest BCUT2D eigenvalue weighted by atomic mass is 127. The van der Waals surface area contributed by atoms with E-state index in [9.17, 15) is 4.79 Å². The molecule has 0 saturated carbocycles. The Kier molecular flexibility index (Phi) is 5.21. The number of amides is 1. The van der Waals surface area contributed by atoms with Gasteiger partial charge in [-0.2, -0.15) is 0 Å². The Morgan fingerprint density at radius 1 is 1.47 bits per heavy atom. The van der Waals surface area contributed by atoms with Crippen molar-refractivity contribution in [2.75, 3.05) is 18.4 Å². The van der Waals surface area contributed by atoms with Gasteiger partial charge in [-0.1, -0.05) is 25.5 Å². The molecule has 0 bridgehead atoms. The standard InChI is InChI=1S/C15H21IN2O/c1-2-8-15(9-5-10-17-11-15)14(19)18-13-7-4-3-6-12(13)16/h3-4,6-7,17H,2,5,8-11H2,1H3,(H,18,19). The van der Waals surface area contributed by atoms with Crippen LogP contribution in [0.15, 0.2) is 24.3 Å². The molecule has 0 aromatic heterocycles. The van der Waals surface area contributed by atoms with E-state index in [-0.39, 0.29) is 11.3 Å². The molecule has 1 heterocycles. The van der Waals surface area contributed by atoms with Gasteiger partial charge in [0.1, 0.15) is 0 Å². The molecule has 104 valence electrons. The van der Waals surface area contributed by atoms with Crippen LogP contribution in [-0.4, -0.2) is 19.0 Å². The Morgan fingerprint density at radius 3 is 2.89 bits per heavy atom. The van der Waals surface area contributed by atoms with Gasteiger partial charge in [-0.05, 0) is 60.5 Å². The van der Waals surface area contributed by atoms with E-state index in [0.29, 0.717) is 0 Å². The molecule has 19 heavy (non-hydrogen) atoms. The van der Waals surface area contributed by atoms with Crippen molar-refractivity contribution in [3.8, 4) is 0 Å². The summed E-state index contributed by atoms with van der Waals surface area (Å²) < 4.78 is 1.09. The minimum Gasteiger partial charge on any atom is -0.325 e. The quantitative estimate of drug-likeness (QED) is 0.796. The molecule has 1 amide bonds. The van der Waals surface area contributed by atoms with E-state index in [2.05, 4.69) is 40.1 Å². The second-order valence-electron chi connectivity index (χ2n) is 5.24. The number of benzene rings is 1. The second-order valence-corrected chi connectivity index (χ2v) is 6.41. The first-order valence-electron chi connectivity index (χ1n) is 6.95. The van der Waals surface area contributed by atoms with E-state index in [1.165, 1.54) is 0 Å². The normalized spacial score (nSPS) is 23.1. The number of halogens is 1. The molecule has 0 radical (unpaired) electrons. The molecule has 1 atom stereocenters. The first kappa shape index (κ1) is 14.8. The molecule has 1 aromatic rings. The van der Waals surface area contributed by atoms with Gasteiger partial charge in [0, 0.05) is 10.1 Å². The zero-order chi connectivity index (χ0) is 13.7. The molecular formula is C15H21IN2O. The molecule has 0 spiro atoms. The van der Waals surface area contributed by atoms with E-state index in [0.717, 1.165) is 48.0 Å². The third-order valence-corrected chi connectivity index (χ3v) is 4.75. The van der Waals surface area contributed by atoms with E-state index >= 15 is 0 Å². The van der Waals surface area contributed by atoms with Crippen LogP contribution in [0.25, 0.3) is 0 Å².